The number of ether oxygens (including phenoxy) is 3. The number of allylic oxidation sites excluding steroid dienone is 4. The third-order valence-corrected chi connectivity index (χ3v) is 15.7. The zero-order chi connectivity index (χ0) is 55.0. The Hall–Kier alpha value is -2.11. The maximum Gasteiger partial charge on any atom is 0.306 e. The van der Waals surface area contributed by atoms with E-state index in [4.69, 9.17) is 14.2 Å². The fourth-order valence-electron chi connectivity index (χ4n) is 10.5. The van der Waals surface area contributed by atoms with E-state index in [9.17, 15) is 14.4 Å². The van der Waals surface area contributed by atoms with Gasteiger partial charge >= 0.3 is 17.9 Å². The second kappa shape index (κ2) is 65.4. The van der Waals surface area contributed by atoms with Crippen LogP contribution in [0.3, 0.4) is 0 Å². The Balaban J connectivity index is 4.19. The molecule has 0 N–H and O–H groups in total. The minimum Gasteiger partial charge on any atom is -0.462 e. The van der Waals surface area contributed by atoms with Crippen LogP contribution in [0.2, 0.25) is 0 Å². The molecule has 0 aliphatic heterocycles. The highest BCUT2D eigenvalue weighted by atomic mass is 16.6. The van der Waals surface area contributed by atoms with E-state index in [1.165, 1.54) is 270 Å². The third kappa shape index (κ3) is 62.7. The molecule has 0 aromatic carbocycles. The summed E-state index contributed by atoms with van der Waals surface area (Å²) < 4.78 is 17.0. The number of hydrogen-bond donors (Lipinski definition) is 0. The lowest BCUT2D eigenvalue weighted by molar-refractivity contribution is -0.167. The number of carbonyl (C=O) groups is 3. The SMILES string of the molecule is CCCC/C=C\C/C=C\CCCCCCCC(=O)OCC(COC(=O)CCCCCCCCCCCCCCCCCCCCCCCCCCCCC)OC(=O)CCCCCCCCCCCCCCCCCCC. The van der Waals surface area contributed by atoms with Crippen molar-refractivity contribution in [3.63, 3.8) is 0 Å². The van der Waals surface area contributed by atoms with Crippen LogP contribution in [0.25, 0.3) is 0 Å². The summed E-state index contributed by atoms with van der Waals surface area (Å²) in [6.07, 6.45) is 79.2. The summed E-state index contributed by atoms with van der Waals surface area (Å²) in [6, 6.07) is 0. The molecule has 0 amide bonds. The number of carbonyl (C=O) groups excluding carboxylic acids is 3. The first kappa shape index (κ1) is 73.9. The average molecular weight is 1070 g/mol. The maximum atomic E-state index is 12.9. The van der Waals surface area contributed by atoms with Gasteiger partial charge in [-0.15, -0.1) is 0 Å². The Morgan fingerprint density at radius 1 is 0.263 bits per heavy atom. The van der Waals surface area contributed by atoms with Gasteiger partial charge in [0.25, 0.3) is 0 Å². The van der Waals surface area contributed by atoms with Crippen LogP contribution >= 0.6 is 0 Å². The molecule has 0 aromatic heterocycles. The van der Waals surface area contributed by atoms with Crippen molar-refractivity contribution in [2.24, 2.45) is 0 Å². The van der Waals surface area contributed by atoms with E-state index in [0.717, 1.165) is 77.0 Å². The maximum absolute atomic E-state index is 12.9. The van der Waals surface area contributed by atoms with E-state index in [0.29, 0.717) is 19.3 Å². The van der Waals surface area contributed by atoms with Gasteiger partial charge in [-0.25, -0.2) is 0 Å². The van der Waals surface area contributed by atoms with Gasteiger partial charge in [0.05, 0.1) is 0 Å². The summed E-state index contributed by atoms with van der Waals surface area (Å²) in [5, 5.41) is 0. The smallest absolute Gasteiger partial charge is 0.306 e. The van der Waals surface area contributed by atoms with Gasteiger partial charge in [0.1, 0.15) is 13.2 Å². The summed E-state index contributed by atoms with van der Waals surface area (Å²) in [7, 11) is 0. The van der Waals surface area contributed by atoms with Gasteiger partial charge in [0, 0.05) is 19.3 Å². The first-order valence-corrected chi connectivity index (χ1v) is 34.3. The summed E-state index contributed by atoms with van der Waals surface area (Å²) >= 11 is 0. The zero-order valence-electron chi connectivity index (χ0n) is 51.6. The summed E-state index contributed by atoms with van der Waals surface area (Å²) in [5.41, 5.74) is 0. The normalized spacial score (nSPS) is 12.1. The van der Waals surface area contributed by atoms with Crippen molar-refractivity contribution in [2.75, 3.05) is 13.2 Å². The van der Waals surface area contributed by atoms with E-state index in [2.05, 4.69) is 45.1 Å². The Morgan fingerprint density at radius 3 is 0.763 bits per heavy atom. The van der Waals surface area contributed by atoms with Gasteiger partial charge in [-0.3, -0.25) is 14.4 Å². The van der Waals surface area contributed by atoms with Gasteiger partial charge in [0.2, 0.25) is 0 Å². The Kier molecular flexibility index (Phi) is 63.6. The molecule has 0 aliphatic carbocycles. The van der Waals surface area contributed by atoms with Gasteiger partial charge in [-0.2, -0.15) is 0 Å². The molecule has 0 aromatic rings. The highest BCUT2D eigenvalue weighted by Gasteiger charge is 2.19. The summed E-state index contributed by atoms with van der Waals surface area (Å²) in [6.45, 7) is 6.67. The van der Waals surface area contributed by atoms with Gasteiger partial charge in [-0.05, 0) is 44.9 Å². The van der Waals surface area contributed by atoms with E-state index in [1.807, 2.05) is 0 Å². The molecule has 0 fully saturated rings. The first-order valence-electron chi connectivity index (χ1n) is 34.3. The van der Waals surface area contributed by atoms with Crippen LogP contribution in [0.1, 0.15) is 387 Å². The Labute approximate surface area is 474 Å². The number of rotatable bonds is 64. The van der Waals surface area contributed by atoms with Crippen molar-refractivity contribution in [3.05, 3.63) is 24.3 Å². The van der Waals surface area contributed by atoms with E-state index < -0.39 is 6.10 Å². The van der Waals surface area contributed by atoms with Crippen LogP contribution in [0.15, 0.2) is 24.3 Å². The molecular formula is C70H132O6. The molecule has 6 nitrogen and oxygen atoms in total. The number of unbranched alkanes of at least 4 members (excludes halogenated alkanes) is 49. The monoisotopic (exact) mass is 1070 g/mol. The molecule has 0 spiro atoms. The average Bonchev–Trinajstić information content (AvgIpc) is 3.42. The molecule has 0 aliphatic rings. The molecule has 0 saturated heterocycles. The van der Waals surface area contributed by atoms with E-state index in [1.54, 1.807) is 0 Å². The summed E-state index contributed by atoms with van der Waals surface area (Å²) in [4.78, 5) is 38.3. The number of hydrogen-bond acceptors (Lipinski definition) is 6. The minimum absolute atomic E-state index is 0.0694. The van der Waals surface area contributed by atoms with Gasteiger partial charge in [0.15, 0.2) is 6.10 Å². The largest absolute Gasteiger partial charge is 0.462 e. The molecular weight excluding hydrogens is 937 g/mol. The van der Waals surface area contributed by atoms with Crippen LogP contribution < -0.4 is 0 Å². The topological polar surface area (TPSA) is 78.9 Å². The molecule has 76 heavy (non-hydrogen) atoms. The fraction of sp³-hybridized carbons (Fsp3) is 0.900. The van der Waals surface area contributed by atoms with Crippen molar-refractivity contribution >= 4 is 17.9 Å². The fourth-order valence-corrected chi connectivity index (χ4v) is 10.5. The van der Waals surface area contributed by atoms with Crippen LogP contribution in [0.5, 0.6) is 0 Å². The van der Waals surface area contributed by atoms with Crippen molar-refractivity contribution in [2.45, 2.75) is 393 Å². The molecule has 6 heteroatoms. The molecule has 0 rings (SSSR count). The van der Waals surface area contributed by atoms with E-state index >= 15 is 0 Å². The molecule has 448 valence electrons. The molecule has 1 unspecified atom stereocenters. The minimum atomic E-state index is -0.773. The highest BCUT2D eigenvalue weighted by Crippen LogP contribution is 2.19. The predicted octanol–water partition coefficient (Wildman–Crippen LogP) is 23.4. The standard InChI is InChI=1S/C70H132O6/c1-4-7-10-13-16-19-22-25-28-30-31-32-33-34-35-36-37-38-39-41-42-45-48-51-54-57-60-63-69(72)75-66-67(65-74-68(71)62-59-56-53-50-47-44-27-24-21-18-15-12-9-6-3)76-70(73)64-61-58-55-52-49-46-43-40-29-26-23-20-17-14-11-8-5-2/h15,18,24,27,67H,4-14,16-17,19-23,25-26,28-66H2,1-3H3/b18-15-,27-24-. The van der Waals surface area contributed by atoms with Crippen LogP contribution in [0, 0.1) is 0 Å². The van der Waals surface area contributed by atoms with E-state index in [-0.39, 0.29) is 31.1 Å². The Bertz CT molecular complexity index is 1230. The van der Waals surface area contributed by atoms with Crippen molar-refractivity contribution in [3.8, 4) is 0 Å². The molecule has 0 heterocycles. The van der Waals surface area contributed by atoms with Gasteiger partial charge in [-0.1, -0.05) is 347 Å². The van der Waals surface area contributed by atoms with Crippen molar-refractivity contribution in [1.82, 2.24) is 0 Å². The second-order valence-corrected chi connectivity index (χ2v) is 23.5. The molecule has 0 saturated carbocycles. The lowest BCUT2D eigenvalue weighted by Gasteiger charge is -2.18. The van der Waals surface area contributed by atoms with Gasteiger partial charge < -0.3 is 14.2 Å². The van der Waals surface area contributed by atoms with Crippen molar-refractivity contribution in [1.29, 1.82) is 0 Å². The number of esters is 3. The first-order chi connectivity index (χ1) is 37.5. The Morgan fingerprint density at radius 2 is 0.487 bits per heavy atom. The summed E-state index contributed by atoms with van der Waals surface area (Å²) in [5.74, 6) is -0.854. The molecule has 1 atom stereocenters. The zero-order valence-corrected chi connectivity index (χ0v) is 51.6. The lowest BCUT2D eigenvalue weighted by Crippen LogP contribution is -2.30. The predicted molar refractivity (Wildman–Crippen MR) is 330 cm³/mol. The van der Waals surface area contributed by atoms with Crippen molar-refractivity contribution < 1.29 is 28.6 Å². The molecule has 0 radical (unpaired) electrons. The van der Waals surface area contributed by atoms with Crippen LogP contribution in [-0.2, 0) is 28.6 Å². The highest BCUT2D eigenvalue weighted by molar-refractivity contribution is 5.71. The third-order valence-electron chi connectivity index (χ3n) is 15.7. The van der Waals surface area contributed by atoms with Crippen LogP contribution in [-0.4, -0.2) is 37.2 Å². The quantitative estimate of drug-likeness (QED) is 0.0261. The second-order valence-electron chi connectivity index (χ2n) is 23.5. The lowest BCUT2D eigenvalue weighted by atomic mass is 10.0. The van der Waals surface area contributed by atoms with Crippen LogP contribution in [0.4, 0.5) is 0 Å². The molecule has 0 bridgehead atoms.